The topological polar surface area (TPSA) is 64.7 Å². The third kappa shape index (κ3) is 4.85. The summed E-state index contributed by atoms with van der Waals surface area (Å²) in [4.78, 5) is 19.9. The summed E-state index contributed by atoms with van der Waals surface area (Å²) in [6.07, 6.45) is 10.3. The SMILES string of the molecule is C1=Cc2cc(-c3nc(-c4ccc5ccccc5c4)nc(-c4ccc(-c5cccc6oc7c8cnccc8ccc7c56)c5ccccc45)n3)ccc2CC1. The lowest BCUT2D eigenvalue weighted by Gasteiger charge is -2.15. The van der Waals surface area contributed by atoms with E-state index in [1.165, 1.54) is 16.5 Å². The smallest absolute Gasteiger partial charge is 0.164 e. The minimum Gasteiger partial charge on any atom is -0.455 e. The van der Waals surface area contributed by atoms with Crippen LogP contribution in [-0.2, 0) is 6.42 Å². The number of aromatic nitrogens is 4. The molecule has 3 heterocycles. The van der Waals surface area contributed by atoms with Gasteiger partial charge in [0.15, 0.2) is 17.5 Å². The van der Waals surface area contributed by atoms with Crippen LogP contribution in [-0.4, -0.2) is 19.9 Å². The van der Waals surface area contributed by atoms with Crippen molar-refractivity contribution < 1.29 is 4.42 Å². The van der Waals surface area contributed by atoms with E-state index in [2.05, 4.69) is 145 Å². The molecular formula is C48H30N4O. The molecule has 53 heavy (non-hydrogen) atoms. The Morgan fingerprint density at radius 3 is 2.17 bits per heavy atom. The average Bonchev–Trinajstić information content (AvgIpc) is 3.62. The van der Waals surface area contributed by atoms with E-state index in [1.807, 2.05) is 18.5 Å². The Hall–Kier alpha value is -6.98. The molecule has 0 amide bonds. The number of allylic oxidation sites excluding steroid dienone is 1. The van der Waals surface area contributed by atoms with Gasteiger partial charge >= 0.3 is 0 Å². The van der Waals surface area contributed by atoms with E-state index in [0.29, 0.717) is 17.5 Å². The number of pyridine rings is 1. The van der Waals surface area contributed by atoms with E-state index < -0.39 is 0 Å². The van der Waals surface area contributed by atoms with E-state index in [0.717, 1.165) is 89.5 Å². The van der Waals surface area contributed by atoms with Crippen molar-refractivity contribution in [2.75, 3.05) is 0 Å². The molecule has 1 aliphatic rings. The zero-order valence-corrected chi connectivity index (χ0v) is 28.6. The highest BCUT2D eigenvalue weighted by Gasteiger charge is 2.20. The average molecular weight is 679 g/mol. The monoisotopic (exact) mass is 678 g/mol. The van der Waals surface area contributed by atoms with Gasteiger partial charge in [0.05, 0.1) is 0 Å². The van der Waals surface area contributed by atoms with Crippen LogP contribution >= 0.6 is 0 Å². The summed E-state index contributed by atoms with van der Waals surface area (Å²) in [6, 6.07) is 47.0. The number of benzene rings is 7. The van der Waals surface area contributed by atoms with Crippen molar-refractivity contribution in [1.82, 2.24) is 19.9 Å². The van der Waals surface area contributed by atoms with Crippen molar-refractivity contribution in [3.8, 4) is 45.3 Å². The molecule has 11 rings (SSSR count). The van der Waals surface area contributed by atoms with Crippen LogP contribution in [0.4, 0.5) is 0 Å². The summed E-state index contributed by atoms with van der Waals surface area (Å²) in [5.41, 5.74) is 9.40. The van der Waals surface area contributed by atoms with Gasteiger partial charge in [-0.25, -0.2) is 15.0 Å². The fourth-order valence-electron chi connectivity index (χ4n) is 8.05. The van der Waals surface area contributed by atoms with Gasteiger partial charge in [0, 0.05) is 45.2 Å². The molecule has 1 aliphatic carbocycles. The van der Waals surface area contributed by atoms with Crippen molar-refractivity contribution in [3.05, 3.63) is 163 Å². The van der Waals surface area contributed by atoms with E-state index >= 15 is 0 Å². The number of nitrogens with zero attached hydrogens (tertiary/aromatic N) is 4. The quantitative estimate of drug-likeness (QED) is 0.185. The second kappa shape index (κ2) is 11.8. The predicted molar refractivity (Wildman–Crippen MR) is 217 cm³/mol. The Kier molecular flexibility index (Phi) is 6.61. The molecule has 10 aromatic rings. The Morgan fingerprint density at radius 2 is 1.26 bits per heavy atom. The first-order valence-corrected chi connectivity index (χ1v) is 18.0. The van der Waals surface area contributed by atoms with Crippen molar-refractivity contribution >= 4 is 60.3 Å². The maximum Gasteiger partial charge on any atom is 0.164 e. The zero-order chi connectivity index (χ0) is 34.9. The molecule has 0 spiro atoms. The lowest BCUT2D eigenvalue weighted by Crippen LogP contribution is -2.02. The highest BCUT2D eigenvalue weighted by atomic mass is 16.3. The Bertz CT molecular complexity index is 3140. The molecule has 5 nitrogen and oxygen atoms in total. The molecule has 0 fully saturated rings. The molecule has 0 unspecified atom stereocenters. The maximum atomic E-state index is 6.53. The molecule has 3 aromatic heterocycles. The highest BCUT2D eigenvalue weighted by Crippen LogP contribution is 2.43. The highest BCUT2D eigenvalue weighted by molar-refractivity contribution is 6.20. The van der Waals surface area contributed by atoms with E-state index in [4.69, 9.17) is 19.4 Å². The Morgan fingerprint density at radius 1 is 0.509 bits per heavy atom. The number of aryl methyl sites for hydroxylation is 1. The molecule has 248 valence electrons. The number of furan rings is 1. The number of hydrogen-bond donors (Lipinski definition) is 0. The lowest BCUT2D eigenvalue weighted by molar-refractivity contribution is 0.672. The van der Waals surface area contributed by atoms with Crippen molar-refractivity contribution in [1.29, 1.82) is 0 Å². The molecule has 0 aliphatic heterocycles. The second-order valence-corrected chi connectivity index (χ2v) is 13.7. The first-order valence-electron chi connectivity index (χ1n) is 18.0. The fraction of sp³-hybridized carbons (Fsp3) is 0.0417. The van der Waals surface area contributed by atoms with Gasteiger partial charge in [-0.3, -0.25) is 4.98 Å². The molecule has 7 aromatic carbocycles. The van der Waals surface area contributed by atoms with E-state index in [-0.39, 0.29) is 0 Å². The summed E-state index contributed by atoms with van der Waals surface area (Å²) >= 11 is 0. The van der Waals surface area contributed by atoms with Crippen LogP contribution in [0.1, 0.15) is 17.5 Å². The number of hydrogen-bond acceptors (Lipinski definition) is 5. The van der Waals surface area contributed by atoms with Crippen LogP contribution in [0.25, 0.3) is 106 Å². The molecule has 0 radical (unpaired) electrons. The number of rotatable bonds is 4. The Labute approximate surface area is 305 Å². The minimum atomic E-state index is 0.639. The normalized spacial score (nSPS) is 12.7. The van der Waals surface area contributed by atoms with Gasteiger partial charge in [-0.05, 0) is 98.4 Å². The van der Waals surface area contributed by atoms with Crippen LogP contribution in [0.2, 0.25) is 0 Å². The molecule has 0 saturated carbocycles. The molecule has 5 heteroatoms. The summed E-state index contributed by atoms with van der Waals surface area (Å²) in [7, 11) is 0. The molecule has 0 atom stereocenters. The first-order chi connectivity index (χ1) is 26.2. The van der Waals surface area contributed by atoms with Gasteiger partial charge in [-0.2, -0.15) is 0 Å². The summed E-state index contributed by atoms with van der Waals surface area (Å²) in [5.74, 6) is 1.94. The largest absolute Gasteiger partial charge is 0.455 e. The van der Waals surface area contributed by atoms with Gasteiger partial charge in [0.2, 0.25) is 0 Å². The van der Waals surface area contributed by atoms with Gasteiger partial charge in [0.1, 0.15) is 11.2 Å². The Balaban J connectivity index is 1.13. The lowest BCUT2D eigenvalue weighted by atomic mass is 9.92. The van der Waals surface area contributed by atoms with Crippen molar-refractivity contribution in [3.63, 3.8) is 0 Å². The zero-order valence-electron chi connectivity index (χ0n) is 28.6. The van der Waals surface area contributed by atoms with Crippen molar-refractivity contribution in [2.24, 2.45) is 0 Å². The van der Waals surface area contributed by atoms with Crippen molar-refractivity contribution in [2.45, 2.75) is 12.8 Å². The fourth-order valence-corrected chi connectivity index (χ4v) is 8.05. The number of fused-ring (bicyclic) bond motifs is 8. The third-order valence-corrected chi connectivity index (χ3v) is 10.7. The molecule has 0 N–H and O–H groups in total. The van der Waals surface area contributed by atoms with Gasteiger partial charge in [-0.1, -0.05) is 109 Å². The van der Waals surface area contributed by atoms with Crippen LogP contribution in [0.3, 0.4) is 0 Å². The minimum absolute atomic E-state index is 0.639. The summed E-state index contributed by atoms with van der Waals surface area (Å²) in [6.45, 7) is 0. The van der Waals surface area contributed by atoms with E-state index in [9.17, 15) is 0 Å². The summed E-state index contributed by atoms with van der Waals surface area (Å²) in [5, 5.41) is 8.79. The van der Waals surface area contributed by atoms with Gasteiger partial charge in [0.25, 0.3) is 0 Å². The van der Waals surface area contributed by atoms with Gasteiger partial charge in [-0.15, -0.1) is 0 Å². The maximum absolute atomic E-state index is 6.53. The third-order valence-electron chi connectivity index (χ3n) is 10.7. The first kappa shape index (κ1) is 29.7. The van der Waals surface area contributed by atoms with Crippen LogP contribution < -0.4 is 0 Å². The molecule has 0 bridgehead atoms. The van der Waals surface area contributed by atoms with Crippen LogP contribution in [0, 0.1) is 0 Å². The van der Waals surface area contributed by atoms with Crippen LogP contribution in [0.5, 0.6) is 0 Å². The standard InChI is InChI=1S/C48H30N4O/c1-3-10-32-26-34(18-16-29(32)8-1)46-50-47(35-19-17-30-9-2-4-11-33(30)27-35)52-48(51-46)40-23-22-38(36-12-5-6-13-37(36)40)39-14-7-15-43-44(39)41-21-20-31-24-25-49-28-42(31)45(41)53-43/h1,3-8,10-28H,2,9H2. The second-order valence-electron chi connectivity index (χ2n) is 13.7. The van der Waals surface area contributed by atoms with Gasteiger partial charge < -0.3 is 4.42 Å². The summed E-state index contributed by atoms with van der Waals surface area (Å²) < 4.78 is 6.53. The predicted octanol–water partition coefficient (Wildman–Crippen LogP) is 12.3. The van der Waals surface area contributed by atoms with E-state index in [1.54, 1.807) is 0 Å². The molecule has 0 saturated heterocycles. The molecular weight excluding hydrogens is 649 g/mol. The van der Waals surface area contributed by atoms with Crippen LogP contribution in [0.15, 0.2) is 156 Å².